The van der Waals surface area contributed by atoms with Crippen LogP contribution in [0.15, 0.2) is 55.4 Å². The van der Waals surface area contributed by atoms with Crippen molar-refractivity contribution in [2.45, 2.75) is 58.4 Å². The molecule has 0 aliphatic heterocycles. The molecule has 0 aliphatic rings. The van der Waals surface area contributed by atoms with Gasteiger partial charge < -0.3 is 0 Å². The number of aromatic nitrogens is 4. The second-order valence-corrected chi connectivity index (χ2v) is 8.68. The predicted octanol–water partition coefficient (Wildman–Crippen LogP) is 4.54. The molecule has 3 rings (SSSR count). The van der Waals surface area contributed by atoms with E-state index in [9.17, 15) is 0 Å². The summed E-state index contributed by atoms with van der Waals surface area (Å²) in [4.78, 5) is 8.33. The van der Waals surface area contributed by atoms with Crippen molar-refractivity contribution in [3.63, 3.8) is 0 Å². The standard InChI is InChI=1S/C22H28N4/c1-21(2,3)20-13-25-26(15-20)14-18-8-6-7-17(9-18)10-22(4,5)19-11-23-16-24-12-19/h6-9,11-13,15-16H,10,14H2,1-5H3. The molecule has 0 unspecified atom stereocenters. The molecule has 0 amide bonds. The zero-order chi connectivity index (χ0) is 18.8. The molecule has 0 saturated heterocycles. The monoisotopic (exact) mass is 348 g/mol. The fourth-order valence-corrected chi connectivity index (χ4v) is 3.12. The van der Waals surface area contributed by atoms with Crippen LogP contribution in [0.2, 0.25) is 0 Å². The zero-order valence-electron chi connectivity index (χ0n) is 16.4. The third-order valence-electron chi connectivity index (χ3n) is 4.82. The summed E-state index contributed by atoms with van der Waals surface area (Å²) < 4.78 is 2.02. The van der Waals surface area contributed by atoms with Gasteiger partial charge in [-0.25, -0.2) is 9.97 Å². The highest BCUT2D eigenvalue weighted by Crippen LogP contribution is 2.27. The predicted molar refractivity (Wildman–Crippen MR) is 105 cm³/mol. The average molecular weight is 348 g/mol. The van der Waals surface area contributed by atoms with Gasteiger partial charge in [0.1, 0.15) is 6.33 Å². The lowest BCUT2D eigenvalue weighted by molar-refractivity contribution is 0.517. The van der Waals surface area contributed by atoms with Crippen LogP contribution in [0.5, 0.6) is 0 Å². The fourth-order valence-electron chi connectivity index (χ4n) is 3.12. The first-order valence-corrected chi connectivity index (χ1v) is 9.10. The maximum Gasteiger partial charge on any atom is 0.115 e. The molecule has 26 heavy (non-hydrogen) atoms. The van der Waals surface area contributed by atoms with Gasteiger partial charge in [-0.2, -0.15) is 5.10 Å². The summed E-state index contributed by atoms with van der Waals surface area (Å²) in [5.74, 6) is 0. The number of hydrogen-bond acceptors (Lipinski definition) is 3. The van der Waals surface area contributed by atoms with Crippen LogP contribution in [0.1, 0.15) is 56.9 Å². The number of benzene rings is 1. The van der Waals surface area contributed by atoms with Crippen LogP contribution in [-0.2, 0) is 23.8 Å². The zero-order valence-corrected chi connectivity index (χ0v) is 16.4. The molecule has 0 fully saturated rings. The van der Waals surface area contributed by atoms with Crippen LogP contribution in [0.4, 0.5) is 0 Å². The minimum Gasteiger partial charge on any atom is -0.268 e. The van der Waals surface area contributed by atoms with E-state index in [1.807, 2.05) is 23.3 Å². The van der Waals surface area contributed by atoms with Gasteiger partial charge in [-0.15, -0.1) is 0 Å². The molecule has 2 aromatic heterocycles. The fraction of sp³-hybridized carbons (Fsp3) is 0.409. The van der Waals surface area contributed by atoms with Gasteiger partial charge in [-0.05, 0) is 39.5 Å². The molecule has 4 heteroatoms. The van der Waals surface area contributed by atoms with Gasteiger partial charge in [-0.3, -0.25) is 4.68 Å². The normalized spacial score (nSPS) is 12.3. The third kappa shape index (κ3) is 4.37. The smallest absolute Gasteiger partial charge is 0.115 e. The van der Waals surface area contributed by atoms with Crippen molar-refractivity contribution in [3.05, 3.63) is 77.6 Å². The van der Waals surface area contributed by atoms with Gasteiger partial charge in [0, 0.05) is 18.6 Å². The van der Waals surface area contributed by atoms with Crippen LogP contribution >= 0.6 is 0 Å². The molecule has 3 aromatic rings. The Bertz CT molecular complexity index is 857. The molecule has 0 spiro atoms. The van der Waals surface area contributed by atoms with Crippen LogP contribution in [0, 0.1) is 0 Å². The van der Waals surface area contributed by atoms with Crippen molar-refractivity contribution in [1.29, 1.82) is 0 Å². The van der Waals surface area contributed by atoms with Crippen molar-refractivity contribution in [2.75, 3.05) is 0 Å². The number of nitrogens with zero attached hydrogens (tertiary/aromatic N) is 4. The van der Waals surface area contributed by atoms with E-state index < -0.39 is 0 Å². The molecule has 4 nitrogen and oxygen atoms in total. The van der Waals surface area contributed by atoms with Crippen LogP contribution in [0.25, 0.3) is 0 Å². The largest absolute Gasteiger partial charge is 0.268 e. The van der Waals surface area contributed by atoms with E-state index in [2.05, 4.69) is 80.1 Å². The van der Waals surface area contributed by atoms with Gasteiger partial charge in [0.2, 0.25) is 0 Å². The molecule has 0 N–H and O–H groups in total. The maximum atomic E-state index is 4.53. The van der Waals surface area contributed by atoms with Crippen LogP contribution in [-0.4, -0.2) is 19.7 Å². The third-order valence-corrected chi connectivity index (χ3v) is 4.82. The van der Waals surface area contributed by atoms with Gasteiger partial charge in [0.25, 0.3) is 0 Å². The van der Waals surface area contributed by atoms with Gasteiger partial charge in [-0.1, -0.05) is 58.9 Å². The second kappa shape index (κ2) is 7.02. The Morgan fingerprint density at radius 2 is 1.58 bits per heavy atom. The average Bonchev–Trinajstić information content (AvgIpc) is 3.04. The first kappa shape index (κ1) is 18.3. The Morgan fingerprint density at radius 1 is 0.885 bits per heavy atom. The van der Waals surface area contributed by atoms with Gasteiger partial charge in [0.15, 0.2) is 0 Å². The van der Waals surface area contributed by atoms with Crippen molar-refractivity contribution in [3.8, 4) is 0 Å². The van der Waals surface area contributed by atoms with E-state index in [-0.39, 0.29) is 10.8 Å². The summed E-state index contributed by atoms with van der Waals surface area (Å²) in [6.45, 7) is 11.9. The lowest BCUT2D eigenvalue weighted by Gasteiger charge is -2.24. The Kier molecular flexibility index (Phi) is 4.94. The van der Waals surface area contributed by atoms with E-state index in [0.717, 1.165) is 18.5 Å². The summed E-state index contributed by atoms with van der Waals surface area (Å²) in [5.41, 5.74) is 5.13. The van der Waals surface area contributed by atoms with E-state index in [4.69, 9.17) is 0 Å². The Hall–Kier alpha value is -2.49. The summed E-state index contributed by atoms with van der Waals surface area (Å²) >= 11 is 0. The SMILES string of the molecule is CC(C)(C)c1cnn(Cc2cccc(CC(C)(C)c3cncnc3)c2)c1. The topological polar surface area (TPSA) is 43.6 Å². The summed E-state index contributed by atoms with van der Waals surface area (Å²) in [6.07, 6.45) is 10.5. The summed E-state index contributed by atoms with van der Waals surface area (Å²) in [7, 11) is 0. The van der Waals surface area contributed by atoms with Crippen molar-refractivity contribution >= 4 is 0 Å². The Balaban J connectivity index is 1.75. The van der Waals surface area contributed by atoms with E-state index in [0.29, 0.717) is 0 Å². The van der Waals surface area contributed by atoms with Crippen LogP contribution in [0.3, 0.4) is 0 Å². The molecule has 0 atom stereocenters. The summed E-state index contributed by atoms with van der Waals surface area (Å²) in [5, 5.41) is 4.53. The molecule has 0 saturated carbocycles. The molecule has 136 valence electrons. The minimum atomic E-state index is -0.00894. The van der Waals surface area contributed by atoms with Crippen molar-refractivity contribution < 1.29 is 0 Å². The van der Waals surface area contributed by atoms with E-state index >= 15 is 0 Å². The Morgan fingerprint density at radius 3 is 2.23 bits per heavy atom. The molecular weight excluding hydrogens is 320 g/mol. The number of hydrogen-bond donors (Lipinski definition) is 0. The number of rotatable bonds is 5. The molecule has 0 aliphatic carbocycles. The summed E-state index contributed by atoms with van der Waals surface area (Å²) in [6, 6.07) is 8.78. The molecule has 1 aromatic carbocycles. The van der Waals surface area contributed by atoms with Gasteiger partial charge >= 0.3 is 0 Å². The van der Waals surface area contributed by atoms with Crippen molar-refractivity contribution in [1.82, 2.24) is 19.7 Å². The highest BCUT2D eigenvalue weighted by atomic mass is 15.3. The van der Waals surface area contributed by atoms with E-state index in [1.54, 1.807) is 6.33 Å². The molecule has 0 radical (unpaired) electrons. The maximum absolute atomic E-state index is 4.53. The highest BCUT2D eigenvalue weighted by molar-refractivity contribution is 5.28. The van der Waals surface area contributed by atoms with Crippen LogP contribution < -0.4 is 0 Å². The van der Waals surface area contributed by atoms with E-state index in [1.165, 1.54) is 16.7 Å². The molecule has 0 bridgehead atoms. The quantitative estimate of drug-likeness (QED) is 0.680. The minimum absolute atomic E-state index is 0.00894. The second-order valence-electron chi connectivity index (χ2n) is 8.68. The lowest BCUT2D eigenvalue weighted by Crippen LogP contribution is -2.21. The van der Waals surface area contributed by atoms with Crippen molar-refractivity contribution in [2.24, 2.45) is 0 Å². The first-order valence-electron chi connectivity index (χ1n) is 9.10. The first-order chi connectivity index (χ1) is 12.2. The lowest BCUT2D eigenvalue weighted by atomic mass is 9.80. The molecular formula is C22H28N4. The molecule has 2 heterocycles. The van der Waals surface area contributed by atoms with Gasteiger partial charge in [0.05, 0.1) is 12.7 Å². The Labute approximate surface area is 156 Å². The highest BCUT2D eigenvalue weighted by Gasteiger charge is 2.22.